The van der Waals surface area contributed by atoms with E-state index in [2.05, 4.69) is 30.7 Å². The van der Waals surface area contributed by atoms with E-state index >= 15 is 0 Å². The van der Waals surface area contributed by atoms with Gasteiger partial charge >= 0.3 is 0 Å². The highest BCUT2D eigenvalue weighted by molar-refractivity contribution is 7.14. The number of amides is 1. The number of H-pyrrole nitrogens is 1. The Hall–Kier alpha value is -2.21. The van der Waals surface area contributed by atoms with Crippen molar-refractivity contribution in [1.82, 2.24) is 19.9 Å². The Morgan fingerprint density at radius 1 is 1.26 bits per heavy atom. The lowest BCUT2D eigenvalue weighted by atomic mass is 9.97. The number of likely N-dealkylation sites (tertiary alicyclic amines) is 1. The minimum Gasteiger partial charge on any atom is -0.342 e. The predicted molar refractivity (Wildman–Crippen MR) is 110 cm³/mol. The van der Waals surface area contributed by atoms with Crippen molar-refractivity contribution in [3.05, 3.63) is 45.7 Å². The number of imidazole rings is 1. The second-order valence-corrected chi connectivity index (χ2v) is 9.41. The first kappa shape index (κ1) is 18.2. The van der Waals surface area contributed by atoms with Crippen LogP contribution >= 0.6 is 11.3 Å². The van der Waals surface area contributed by atoms with Crippen LogP contribution in [-0.4, -0.2) is 38.8 Å². The van der Waals surface area contributed by atoms with Crippen molar-refractivity contribution in [2.45, 2.75) is 51.9 Å². The van der Waals surface area contributed by atoms with Crippen LogP contribution in [0.5, 0.6) is 0 Å². The maximum Gasteiger partial charge on any atom is 0.265 e. The summed E-state index contributed by atoms with van der Waals surface area (Å²) in [5.41, 5.74) is 2.86. The molecule has 6 heteroatoms. The van der Waals surface area contributed by atoms with Crippen LogP contribution < -0.4 is 0 Å². The van der Waals surface area contributed by atoms with Crippen LogP contribution in [0.3, 0.4) is 0 Å². The molecule has 1 aliphatic rings. The molecule has 1 aliphatic heterocycles. The molecule has 5 nitrogen and oxygen atoms in total. The highest BCUT2D eigenvalue weighted by Gasteiger charge is 2.30. The predicted octanol–water partition coefficient (Wildman–Crippen LogP) is 4.65. The van der Waals surface area contributed by atoms with Crippen molar-refractivity contribution in [3.63, 3.8) is 0 Å². The zero-order valence-corrected chi connectivity index (χ0v) is 17.2. The van der Waals surface area contributed by atoms with Gasteiger partial charge in [-0.15, -0.1) is 11.3 Å². The van der Waals surface area contributed by atoms with Crippen LogP contribution in [0.25, 0.3) is 11.0 Å². The van der Waals surface area contributed by atoms with Gasteiger partial charge in [-0.2, -0.15) is 0 Å². The number of benzene rings is 1. The first-order valence-electron chi connectivity index (χ1n) is 9.55. The third-order valence-corrected chi connectivity index (χ3v) is 6.71. The van der Waals surface area contributed by atoms with Gasteiger partial charge in [-0.3, -0.25) is 4.79 Å². The second kappa shape index (κ2) is 6.75. The fourth-order valence-corrected chi connectivity index (χ4v) is 4.70. The average Bonchev–Trinajstić information content (AvgIpc) is 3.24. The molecule has 1 atom stereocenters. The Balaban J connectivity index is 1.56. The number of aryl methyl sites for hydroxylation is 1. The van der Waals surface area contributed by atoms with Gasteiger partial charge in [0.25, 0.3) is 5.91 Å². The molecule has 3 heterocycles. The molecule has 1 aromatic carbocycles. The van der Waals surface area contributed by atoms with E-state index in [1.165, 1.54) is 0 Å². The third-order valence-electron chi connectivity index (χ3n) is 5.14. The van der Waals surface area contributed by atoms with Crippen molar-refractivity contribution < 1.29 is 4.79 Å². The molecule has 1 N–H and O–H groups in total. The van der Waals surface area contributed by atoms with Gasteiger partial charge in [-0.05, 0) is 31.9 Å². The highest BCUT2D eigenvalue weighted by atomic mass is 32.1. The molecular formula is C21H26N4OS. The molecule has 2 aromatic heterocycles. The summed E-state index contributed by atoms with van der Waals surface area (Å²) in [7, 11) is 0. The van der Waals surface area contributed by atoms with Gasteiger partial charge in [-0.1, -0.05) is 32.9 Å². The van der Waals surface area contributed by atoms with Gasteiger partial charge in [0.15, 0.2) is 0 Å². The summed E-state index contributed by atoms with van der Waals surface area (Å²) in [6.45, 7) is 9.87. The first-order valence-corrected chi connectivity index (χ1v) is 10.4. The normalized spacial score (nSPS) is 18.2. The van der Waals surface area contributed by atoms with Crippen LogP contribution in [0.1, 0.15) is 65.7 Å². The van der Waals surface area contributed by atoms with Gasteiger partial charge in [0.1, 0.15) is 10.7 Å². The van der Waals surface area contributed by atoms with Crippen LogP contribution in [-0.2, 0) is 5.41 Å². The van der Waals surface area contributed by atoms with Gasteiger partial charge in [0.05, 0.1) is 21.7 Å². The maximum absolute atomic E-state index is 13.2. The van der Waals surface area contributed by atoms with Crippen molar-refractivity contribution in [2.75, 3.05) is 13.1 Å². The largest absolute Gasteiger partial charge is 0.342 e. The summed E-state index contributed by atoms with van der Waals surface area (Å²) in [6.07, 6.45) is 2.05. The minimum absolute atomic E-state index is 0.0351. The summed E-state index contributed by atoms with van der Waals surface area (Å²) < 4.78 is 0. The number of para-hydroxylation sites is 2. The minimum atomic E-state index is -0.0351. The Morgan fingerprint density at radius 2 is 2.04 bits per heavy atom. The number of fused-ring (bicyclic) bond motifs is 1. The van der Waals surface area contributed by atoms with Crippen LogP contribution in [0.2, 0.25) is 0 Å². The van der Waals surface area contributed by atoms with E-state index in [0.29, 0.717) is 6.54 Å². The molecule has 0 radical (unpaired) electrons. The van der Waals surface area contributed by atoms with E-state index in [9.17, 15) is 4.79 Å². The van der Waals surface area contributed by atoms with Crippen molar-refractivity contribution in [1.29, 1.82) is 0 Å². The monoisotopic (exact) mass is 382 g/mol. The van der Waals surface area contributed by atoms with Gasteiger partial charge in [0.2, 0.25) is 0 Å². The number of nitrogens with zero attached hydrogens (tertiary/aromatic N) is 3. The number of piperidine rings is 1. The van der Waals surface area contributed by atoms with E-state index < -0.39 is 0 Å². The van der Waals surface area contributed by atoms with Crippen LogP contribution in [0, 0.1) is 6.92 Å². The van der Waals surface area contributed by atoms with E-state index in [1.54, 1.807) is 11.3 Å². The molecule has 0 spiro atoms. The van der Waals surface area contributed by atoms with Crippen molar-refractivity contribution in [2.24, 2.45) is 0 Å². The Morgan fingerprint density at radius 3 is 2.74 bits per heavy atom. The highest BCUT2D eigenvalue weighted by Crippen LogP contribution is 2.32. The third kappa shape index (κ3) is 3.50. The maximum atomic E-state index is 13.2. The van der Waals surface area contributed by atoms with Crippen molar-refractivity contribution >= 4 is 28.3 Å². The summed E-state index contributed by atoms with van der Waals surface area (Å²) in [4.78, 5) is 28.8. The summed E-state index contributed by atoms with van der Waals surface area (Å²) in [5.74, 6) is 1.36. The van der Waals surface area contributed by atoms with Gasteiger partial charge in [-0.25, -0.2) is 9.97 Å². The molecule has 1 saturated heterocycles. The summed E-state index contributed by atoms with van der Waals surface area (Å²) >= 11 is 1.54. The van der Waals surface area contributed by atoms with Gasteiger partial charge < -0.3 is 9.88 Å². The SMILES string of the molecule is Cc1nc(C(C)(C)C)sc1C(=O)N1CCCC(c2nc3ccccc3[nH]2)C1. The molecule has 0 bridgehead atoms. The van der Waals surface area contributed by atoms with E-state index in [0.717, 1.165) is 51.8 Å². The van der Waals surface area contributed by atoms with E-state index in [4.69, 9.17) is 4.98 Å². The molecule has 1 fully saturated rings. The molecule has 0 aliphatic carbocycles. The van der Waals surface area contributed by atoms with E-state index in [1.807, 2.05) is 36.1 Å². The standard InChI is InChI=1S/C21H26N4OS/c1-13-17(27-20(22-13)21(2,3)4)19(26)25-11-7-8-14(12-25)18-23-15-9-5-6-10-16(15)24-18/h5-6,9-10,14H,7-8,11-12H2,1-4H3,(H,23,24). The number of carbonyl (C=O) groups is 1. The average molecular weight is 383 g/mol. The lowest BCUT2D eigenvalue weighted by Gasteiger charge is -2.31. The topological polar surface area (TPSA) is 61.9 Å². The lowest BCUT2D eigenvalue weighted by Crippen LogP contribution is -2.39. The molecule has 4 rings (SSSR count). The molecule has 3 aromatic rings. The summed E-state index contributed by atoms with van der Waals surface area (Å²) in [6, 6.07) is 8.09. The fraction of sp³-hybridized carbons (Fsp3) is 0.476. The van der Waals surface area contributed by atoms with E-state index in [-0.39, 0.29) is 17.2 Å². The number of nitrogens with one attached hydrogen (secondary N) is 1. The zero-order valence-electron chi connectivity index (χ0n) is 16.4. The molecule has 142 valence electrons. The fourth-order valence-electron chi connectivity index (χ4n) is 3.61. The number of aromatic amines is 1. The molecular weight excluding hydrogens is 356 g/mol. The van der Waals surface area contributed by atoms with Crippen molar-refractivity contribution in [3.8, 4) is 0 Å². The zero-order chi connectivity index (χ0) is 19.2. The molecule has 0 saturated carbocycles. The van der Waals surface area contributed by atoms with Gasteiger partial charge in [0, 0.05) is 24.4 Å². The number of hydrogen-bond donors (Lipinski definition) is 1. The summed E-state index contributed by atoms with van der Waals surface area (Å²) in [5, 5.41) is 1.02. The van der Waals surface area contributed by atoms with Crippen LogP contribution in [0.4, 0.5) is 0 Å². The quantitative estimate of drug-likeness (QED) is 0.702. The Kier molecular flexibility index (Phi) is 4.54. The lowest BCUT2D eigenvalue weighted by molar-refractivity contribution is 0.0709. The molecule has 1 amide bonds. The molecule has 27 heavy (non-hydrogen) atoms. The number of thiazole rings is 1. The second-order valence-electron chi connectivity index (χ2n) is 8.41. The number of aromatic nitrogens is 3. The Bertz CT molecular complexity index is 949. The first-order chi connectivity index (χ1) is 12.8. The van der Waals surface area contributed by atoms with Crippen LogP contribution in [0.15, 0.2) is 24.3 Å². The molecule has 1 unspecified atom stereocenters. The Labute approximate surface area is 163 Å². The number of hydrogen-bond acceptors (Lipinski definition) is 4. The smallest absolute Gasteiger partial charge is 0.265 e. The number of carbonyl (C=O) groups excluding carboxylic acids is 1. The number of rotatable bonds is 2.